The van der Waals surface area contributed by atoms with Crippen molar-refractivity contribution in [2.45, 2.75) is 6.92 Å². The number of hydrogen-bond donors (Lipinski definition) is 0. The highest BCUT2D eigenvalue weighted by atomic mass is 14.1. The van der Waals surface area contributed by atoms with Gasteiger partial charge in [0, 0.05) is 0 Å². The minimum absolute atomic E-state index is 1.29. The van der Waals surface area contributed by atoms with Crippen LogP contribution in [0.5, 0.6) is 0 Å². The molecule has 0 aliphatic heterocycles. The van der Waals surface area contributed by atoms with Gasteiger partial charge in [-0.1, -0.05) is 60.2 Å². The van der Waals surface area contributed by atoms with Gasteiger partial charge >= 0.3 is 0 Å². The zero-order valence-corrected chi connectivity index (χ0v) is 9.85. The topological polar surface area (TPSA) is 0 Å². The first kappa shape index (κ1) is 10.1. The Kier molecular flexibility index (Phi) is 2.41. The Hall–Kier alpha value is -2.08. The first-order chi connectivity index (χ1) is 8.33. The largest absolute Gasteiger partial charge is 0.0622 e. The van der Waals surface area contributed by atoms with Crippen molar-refractivity contribution < 1.29 is 0 Å². The van der Waals surface area contributed by atoms with E-state index in [2.05, 4.69) is 73.7 Å². The molecule has 0 fully saturated rings. The molecule has 17 heavy (non-hydrogen) atoms. The molecule has 2 aliphatic carbocycles. The average Bonchev–Trinajstić information content (AvgIpc) is 2.62. The summed E-state index contributed by atoms with van der Waals surface area (Å²) >= 11 is 0. The fraction of sp³-hybridized carbons (Fsp3) is 0.0588. The molecule has 1 aromatic rings. The molecule has 0 N–H and O–H groups in total. The Balaban J connectivity index is 2.13. The lowest BCUT2D eigenvalue weighted by Crippen LogP contribution is -1.74. The third kappa shape index (κ3) is 1.94. The third-order valence-electron chi connectivity index (χ3n) is 3.11. The Labute approximate surface area is 102 Å². The van der Waals surface area contributed by atoms with Gasteiger partial charge < -0.3 is 0 Å². The number of aryl methyl sites for hydroxylation is 1. The van der Waals surface area contributed by atoms with E-state index in [1.54, 1.807) is 0 Å². The molecule has 0 bridgehead atoms. The normalized spacial score (nSPS) is 10.6. The molecule has 1 aromatic carbocycles. The van der Waals surface area contributed by atoms with Gasteiger partial charge in [-0.25, -0.2) is 0 Å². The Morgan fingerprint density at radius 3 is 1.71 bits per heavy atom. The molecule has 0 atom stereocenters. The highest BCUT2D eigenvalue weighted by molar-refractivity contribution is 5.79. The van der Waals surface area contributed by atoms with E-state index in [1.165, 1.54) is 27.8 Å². The van der Waals surface area contributed by atoms with Crippen molar-refractivity contribution in [1.82, 2.24) is 0 Å². The van der Waals surface area contributed by atoms with Crippen LogP contribution in [0.4, 0.5) is 0 Å². The minimum atomic E-state index is 1.29. The number of fused-ring (bicyclic) bond motifs is 1. The molecule has 0 heterocycles. The Morgan fingerprint density at radius 1 is 0.529 bits per heavy atom. The zero-order valence-electron chi connectivity index (χ0n) is 9.85. The summed E-state index contributed by atoms with van der Waals surface area (Å²) in [5.41, 5.74) is 6.48. The molecule has 0 spiro atoms. The maximum absolute atomic E-state index is 2.25. The van der Waals surface area contributed by atoms with Gasteiger partial charge in [-0.3, -0.25) is 0 Å². The monoisotopic (exact) mass is 218 g/mol. The average molecular weight is 218 g/mol. The smallest absolute Gasteiger partial charge is 0.0172 e. The molecule has 0 amide bonds. The maximum Gasteiger partial charge on any atom is -0.0172 e. The van der Waals surface area contributed by atoms with Crippen molar-refractivity contribution in [3.8, 4) is 22.3 Å². The van der Waals surface area contributed by atoms with E-state index in [4.69, 9.17) is 0 Å². The molecule has 82 valence electrons. The number of hydrogen-bond acceptors (Lipinski definition) is 0. The molecule has 0 radical (unpaired) electrons. The van der Waals surface area contributed by atoms with Gasteiger partial charge in [0.25, 0.3) is 0 Å². The summed E-state index contributed by atoms with van der Waals surface area (Å²) < 4.78 is 0. The van der Waals surface area contributed by atoms with E-state index in [-0.39, 0.29) is 0 Å². The van der Waals surface area contributed by atoms with Crippen LogP contribution in [0, 0.1) is 6.92 Å². The van der Waals surface area contributed by atoms with Crippen molar-refractivity contribution in [3.63, 3.8) is 0 Å². The summed E-state index contributed by atoms with van der Waals surface area (Å²) in [6.07, 6.45) is 0. The van der Waals surface area contributed by atoms with Crippen LogP contribution in [0.25, 0.3) is 22.3 Å². The van der Waals surface area contributed by atoms with Crippen LogP contribution in [0.1, 0.15) is 5.56 Å². The molecule has 0 saturated carbocycles. The predicted molar refractivity (Wildman–Crippen MR) is 73.2 cm³/mol. The van der Waals surface area contributed by atoms with Gasteiger partial charge in [0.15, 0.2) is 0 Å². The summed E-state index contributed by atoms with van der Waals surface area (Å²) in [4.78, 5) is 0. The van der Waals surface area contributed by atoms with E-state index < -0.39 is 0 Å². The van der Waals surface area contributed by atoms with Crippen LogP contribution in [-0.2, 0) is 0 Å². The van der Waals surface area contributed by atoms with Gasteiger partial charge in [-0.05, 0) is 41.3 Å². The molecule has 0 nitrogen and oxygen atoms in total. The van der Waals surface area contributed by atoms with Crippen LogP contribution >= 0.6 is 0 Å². The third-order valence-corrected chi connectivity index (χ3v) is 3.11. The zero-order chi connectivity index (χ0) is 11.7. The summed E-state index contributed by atoms with van der Waals surface area (Å²) in [7, 11) is 0. The summed E-state index contributed by atoms with van der Waals surface area (Å²) in [5.74, 6) is 0. The molecular formula is C17H14. The molecule has 0 aromatic heterocycles. The SMILES string of the molecule is Cc1ccc(-c2cc3cccccc-3c2)cc1. The van der Waals surface area contributed by atoms with Crippen LogP contribution in [0.15, 0.2) is 66.7 Å². The lowest BCUT2D eigenvalue weighted by Gasteiger charge is -1.97. The second-order valence-corrected chi connectivity index (χ2v) is 4.43. The van der Waals surface area contributed by atoms with Crippen LogP contribution in [-0.4, -0.2) is 0 Å². The van der Waals surface area contributed by atoms with Crippen LogP contribution < -0.4 is 0 Å². The maximum atomic E-state index is 2.25. The quantitative estimate of drug-likeness (QED) is 0.552. The van der Waals surface area contributed by atoms with Crippen LogP contribution in [0.2, 0.25) is 0 Å². The second kappa shape index (κ2) is 4.06. The Bertz CT molecular complexity index is 575. The van der Waals surface area contributed by atoms with Gasteiger partial charge in [0.2, 0.25) is 0 Å². The van der Waals surface area contributed by atoms with Crippen molar-refractivity contribution in [2.75, 3.05) is 0 Å². The van der Waals surface area contributed by atoms with E-state index in [1.807, 2.05) is 0 Å². The fourth-order valence-corrected chi connectivity index (χ4v) is 2.13. The Morgan fingerprint density at radius 2 is 1.12 bits per heavy atom. The van der Waals surface area contributed by atoms with Crippen LogP contribution in [0.3, 0.4) is 0 Å². The first-order valence-electron chi connectivity index (χ1n) is 5.89. The van der Waals surface area contributed by atoms with Gasteiger partial charge in [0.1, 0.15) is 0 Å². The number of benzene rings is 1. The first-order valence-corrected chi connectivity index (χ1v) is 5.89. The van der Waals surface area contributed by atoms with E-state index >= 15 is 0 Å². The highest BCUT2D eigenvalue weighted by Gasteiger charge is 2.05. The van der Waals surface area contributed by atoms with E-state index in [0.29, 0.717) is 0 Å². The highest BCUT2D eigenvalue weighted by Crippen LogP contribution is 2.31. The predicted octanol–water partition coefficient (Wildman–Crippen LogP) is 4.77. The van der Waals surface area contributed by atoms with E-state index in [9.17, 15) is 0 Å². The van der Waals surface area contributed by atoms with Gasteiger partial charge in [-0.15, -0.1) is 0 Å². The van der Waals surface area contributed by atoms with Crippen molar-refractivity contribution in [1.29, 1.82) is 0 Å². The van der Waals surface area contributed by atoms with Crippen molar-refractivity contribution >= 4 is 0 Å². The van der Waals surface area contributed by atoms with Crippen molar-refractivity contribution in [3.05, 3.63) is 72.3 Å². The van der Waals surface area contributed by atoms with Gasteiger partial charge in [-0.2, -0.15) is 0 Å². The van der Waals surface area contributed by atoms with E-state index in [0.717, 1.165) is 0 Å². The van der Waals surface area contributed by atoms with Gasteiger partial charge in [0.05, 0.1) is 0 Å². The summed E-state index contributed by atoms with van der Waals surface area (Å²) in [6, 6.07) is 23.7. The summed E-state index contributed by atoms with van der Waals surface area (Å²) in [5, 5.41) is 0. The standard InChI is InChI=1S/C17H14/c1-13-7-9-14(10-8-13)17-11-15-5-3-2-4-6-16(15)12-17/h2-12H,1H3. The van der Waals surface area contributed by atoms with Crippen molar-refractivity contribution in [2.24, 2.45) is 0 Å². The molecule has 0 heteroatoms. The molecule has 3 rings (SSSR count). The minimum Gasteiger partial charge on any atom is -0.0622 e. The molecular weight excluding hydrogens is 204 g/mol. The lowest BCUT2D eigenvalue weighted by atomic mass is 10.1. The second-order valence-electron chi connectivity index (χ2n) is 4.43. The molecule has 0 unspecified atom stereocenters. The summed E-state index contributed by atoms with van der Waals surface area (Å²) in [6.45, 7) is 2.12. The lowest BCUT2D eigenvalue weighted by molar-refractivity contribution is 1.47. The molecule has 2 aliphatic rings. The molecule has 0 saturated heterocycles. The fourth-order valence-electron chi connectivity index (χ4n) is 2.13. The number of rotatable bonds is 1.